The number of carbonyl (C=O) groups excluding carboxylic acids is 2. The molecular weight excluding hydrogens is 311 g/mol. The van der Waals surface area contributed by atoms with Crippen molar-refractivity contribution in [3.8, 4) is 0 Å². The standard InChI is InChI=1S/C18H19FN2O3/c1-12-11-14(19)5-8-16(12)18(24)21-15-6-3-13(4-7-15)17(23)20-9-2-10-22/h3-8,11,22H,2,9-10H2,1H3,(H,20,23)(H,21,24). The van der Waals surface area contributed by atoms with Gasteiger partial charge in [-0.1, -0.05) is 0 Å². The summed E-state index contributed by atoms with van der Waals surface area (Å²) in [6, 6.07) is 10.4. The molecule has 0 fully saturated rings. The molecule has 6 heteroatoms. The number of carbonyl (C=O) groups is 2. The molecule has 2 rings (SSSR count). The summed E-state index contributed by atoms with van der Waals surface area (Å²) in [7, 11) is 0. The summed E-state index contributed by atoms with van der Waals surface area (Å²) in [6.45, 7) is 2.09. The van der Waals surface area contributed by atoms with Gasteiger partial charge in [-0.2, -0.15) is 0 Å². The van der Waals surface area contributed by atoms with Crippen LogP contribution in [0.5, 0.6) is 0 Å². The largest absolute Gasteiger partial charge is 0.396 e. The Bertz CT molecular complexity index is 730. The van der Waals surface area contributed by atoms with Gasteiger partial charge in [0.05, 0.1) is 0 Å². The van der Waals surface area contributed by atoms with E-state index < -0.39 is 0 Å². The number of halogens is 1. The molecule has 0 spiro atoms. The molecule has 24 heavy (non-hydrogen) atoms. The van der Waals surface area contributed by atoms with Gasteiger partial charge in [-0.15, -0.1) is 0 Å². The molecule has 0 unspecified atom stereocenters. The summed E-state index contributed by atoms with van der Waals surface area (Å²) < 4.78 is 13.1. The van der Waals surface area contributed by atoms with E-state index in [-0.39, 0.29) is 24.2 Å². The molecule has 0 bridgehead atoms. The van der Waals surface area contributed by atoms with Crippen LogP contribution < -0.4 is 10.6 Å². The smallest absolute Gasteiger partial charge is 0.255 e. The molecule has 0 aliphatic rings. The van der Waals surface area contributed by atoms with Gasteiger partial charge in [0.2, 0.25) is 0 Å². The number of amides is 2. The fraction of sp³-hybridized carbons (Fsp3) is 0.222. The number of benzene rings is 2. The second-order valence-corrected chi connectivity index (χ2v) is 5.32. The molecule has 0 saturated heterocycles. The predicted octanol–water partition coefficient (Wildman–Crippen LogP) is 2.50. The summed E-state index contributed by atoms with van der Waals surface area (Å²) in [5.41, 5.74) is 1.94. The average Bonchev–Trinajstić information content (AvgIpc) is 2.55. The van der Waals surface area contributed by atoms with Crippen LogP contribution in [-0.2, 0) is 0 Å². The lowest BCUT2D eigenvalue weighted by atomic mass is 10.1. The minimum Gasteiger partial charge on any atom is -0.396 e. The highest BCUT2D eigenvalue weighted by molar-refractivity contribution is 6.05. The minimum atomic E-state index is -0.388. The van der Waals surface area contributed by atoms with Crippen molar-refractivity contribution in [1.29, 1.82) is 0 Å². The summed E-state index contributed by atoms with van der Waals surface area (Å²) in [6.07, 6.45) is 0.497. The van der Waals surface area contributed by atoms with E-state index in [1.54, 1.807) is 31.2 Å². The summed E-state index contributed by atoms with van der Waals surface area (Å²) in [5.74, 6) is -0.969. The van der Waals surface area contributed by atoms with E-state index in [1.807, 2.05) is 0 Å². The van der Waals surface area contributed by atoms with Crippen LogP contribution in [0.25, 0.3) is 0 Å². The molecule has 126 valence electrons. The van der Waals surface area contributed by atoms with Crippen molar-refractivity contribution < 1.29 is 19.1 Å². The van der Waals surface area contributed by atoms with Crippen LogP contribution in [0.3, 0.4) is 0 Å². The topological polar surface area (TPSA) is 78.4 Å². The highest BCUT2D eigenvalue weighted by atomic mass is 19.1. The zero-order valence-electron chi connectivity index (χ0n) is 13.3. The van der Waals surface area contributed by atoms with Crippen LogP contribution in [0, 0.1) is 12.7 Å². The number of aliphatic hydroxyl groups is 1. The summed E-state index contributed by atoms with van der Waals surface area (Å²) in [4.78, 5) is 24.0. The van der Waals surface area contributed by atoms with Gasteiger partial charge in [-0.05, 0) is 61.4 Å². The van der Waals surface area contributed by atoms with Gasteiger partial charge in [-0.25, -0.2) is 4.39 Å². The van der Waals surface area contributed by atoms with E-state index in [9.17, 15) is 14.0 Å². The SMILES string of the molecule is Cc1cc(F)ccc1C(=O)Nc1ccc(C(=O)NCCCO)cc1. The Morgan fingerprint density at radius 3 is 2.42 bits per heavy atom. The minimum absolute atomic E-state index is 0.0219. The normalized spacial score (nSPS) is 10.3. The second-order valence-electron chi connectivity index (χ2n) is 5.32. The Morgan fingerprint density at radius 2 is 1.79 bits per heavy atom. The lowest BCUT2D eigenvalue weighted by molar-refractivity contribution is 0.0950. The van der Waals surface area contributed by atoms with Crippen LogP contribution in [0.4, 0.5) is 10.1 Å². The van der Waals surface area contributed by atoms with Gasteiger partial charge in [0.1, 0.15) is 5.82 Å². The number of hydrogen-bond acceptors (Lipinski definition) is 3. The molecule has 0 aliphatic carbocycles. The van der Waals surface area contributed by atoms with E-state index in [0.717, 1.165) is 0 Å². The highest BCUT2D eigenvalue weighted by Crippen LogP contribution is 2.14. The number of hydrogen-bond donors (Lipinski definition) is 3. The van der Waals surface area contributed by atoms with E-state index in [4.69, 9.17) is 5.11 Å². The maximum absolute atomic E-state index is 13.1. The van der Waals surface area contributed by atoms with Crippen LogP contribution in [-0.4, -0.2) is 30.1 Å². The Balaban J connectivity index is 2.00. The van der Waals surface area contributed by atoms with Crippen molar-refractivity contribution in [2.75, 3.05) is 18.5 Å². The molecule has 0 aliphatic heterocycles. The van der Waals surface area contributed by atoms with Gasteiger partial charge < -0.3 is 15.7 Å². The Hall–Kier alpha value is -2.73. The third kappa shape index (κ3) is 4.63. The van der Waals surface area contributed by atoms with Gasteiger partial charge in [0, 0.05) is 30.0 Å². The fourth-order valence-corrected chi connectivity index (χ4v) is 2.17. The number of anilines is 1. The summed E-state index contributed by atoms with van der Waals surface area (Å²) in [5, 5.41) is 14.1. The first-order chi connectivity index (χ1) is 11.5. The zero-order chi connectivity index (χ0) is 17.5. The molecule has 0 atom stereocenters. The fourth-order valence-electron chi connectivity index (χ4n) is 2.17. The molecule has 0 heterocycles. The quantitative estimate of drug-likeness (QED) is 0.712. The van der Waals surface area contributed by atoms with Gasteiger partial charge in [0.15, 0.2) is 0 Å². The van der Waals surface area contributed by atoms with E-state index in [2.05, 4.69) is 10.6 Å². The van der Waals surface area contributed by atoms with Crippen molar-refractivity contribution in [1.82, 2.24) is 5.32 Å². The third-order valence-electron chi connectivity index (χ3n) is 3.46. The van der Waals surface area contributed by atoms with Crippen molar-refractivity contribution >= 4 is 17.5 Å². The highest BCUT2D eigenvalue weighted by Gasteiger charge is 2.11. The average molecular weight is 330 g/mol. The van der Waals surface area contributed by atoms with E-state index >= 15 is 0 Å². The summed E-state index contributed by atoms with van der Waals surface area (Å²) >= 11 is 0. The molecule has 0 saturated carbocycles. The molecule has 0 aromatic heterocycles. The van der Waals surface area contributed by atoms with Gasteiger partial charge in [0.25, 0.3) is 11.8 Å². The third-order valence-corrected chi connectivity index (χ3v) is 3.46. The van der Waals surface area contributed by atoms with Crippen LogP contribution in [0.1, 0.15) is 32.7 Å². The lowest BCUT2D eigenvalue weighted by Crippen LogP contribution is -2.25. The number of aryl methyl sites for hydroxylation is 1. The molecular formula is C18H19FN2O3. The number of aliphatic hydroxyl groups excluding tert-OH is 1. The zero-order valence-corrected chi connectivity index (χ0v) is 13.3. The van der Waals surface area contributed by atoms with Crippen LogP contribution >= 0.6 is 0 Å². The van der Waals surface area contributed by atoms with Crippen LogP contribution in [0.2, 0.25) is 0 Å². The molecule has 0 radical (unpaired) electrons. The first-order valence-electron chi connectivity index (χ1n) is 7.58. The lowest BCUT2D eigenvalue weighted by Gasteiger charge is -2.09. The molecule has 3 N–H and O–H groups in total. The maximum Gasteiger partial charge on any atom is 0.255 e. The number of nitrogens with one attached hydrogen (secondary N) is 2. The first kappa shape index (κ1) is 17.6. The van der Waals surface area contributed by atoms with Crippen molar-refractivity contribution in [2.24, 2.45) is 0 Å². The van der Waals surface area contributed by atoms with Crippen molar-refractivity contribution in [3.63, 3.8) is 0 Å². The van der Waals surface area contributed by atoms with Crippen LogP contribution in [0.15, 0.2) is 42.5 Å². The first-order valence-corrected chi connectivity index (χ1v) is 7.58. The van der Waals surface area contributed by atoms with Gasteiger partial charge >= 0.3 is 0 Å². The maximum atomic E-state index is 13.1. The van der Waals surface area contributed by atoms with Crippen molar-refractivity contribution in [2.45, 2.75) is 13.3 Å². The second kappa shape index (κ2) is 8.21. The monoisotopic (exact) mass is 330 g/mol. The molecule has 5 nitrogen and oxygen atoms in total. The Morgan fingerprint density at radius 1 is 1.08 bits per heavy atom. The Kier molecular flexibility index (Phi) is 6.03. The number of rotatable bonds is 6. The van der Waals surface area contributed by atoms with Gasteiger partial charge in [-0.3, -0.25) is 9.59 Å². The molecule has 2 amide bonds. The van der Waals surface area contributed by atoms with E-state index in [0.29, 0.717) is 35.3 Å². The molecule has 2 aromatic carbocycles. The molecule has 2 aromatic rings. The van der Waals surface area contributed by atoms with Crippen molar-refractivity contribution in [3.05, 3.63) is 65.0 Å². The Labute approximate surface area is 139 Å². The predicted molar refractivity (Wildman–Crippen MR) is 89.6 cm³/mol. The van der Waals surface area contributed by atoms with E-state index in [1.165, 1.54) is 18.2 Å².